The number of rotatable bonds is 5. The summed E-state index contributed by atoms with van der Waals surface area (Å²) in [6.45, 7) is 9.31. The molecule has 0 radical (unpaired) electrons. The molecule has 20 heavy (non-hydrogen) atoms. The lowest BCUT2D eigenvalue weighted by Crippen LogP contribution is -2.17. The molecule has 1 unspecified atom stereocenters. The molecule has 0 spiro atoms. The molecule has 0 aliphatic carbocycles. The molecule has 0 amide bonds. The van der Waals surface area contributed by atoms with E-state index in [1.165, 1.54) is 16.7 Å². The standard InChI is InChI=1S/C17H22N2O/c1-5-18-14(4)15-6-7-19-17(11-15)20-16-9-12(2)8-13(3)10-16/h6-11,14,18H,5H2,1-4H3. The van der Waals surface area contributed by atoms with Crippen molar-refractivity contribution in [1.82, 2.24) is 10.3 Å². The largest absolute Gasteiger partial charge is 0.439 e. The minimum Gasteiger partial charge on any atom is -0.439 e. The lowest BCUT2D eigenvalue weighted by Gasteiger charge is -2.14. The van der Waals surface area contributed by atoms with Crippen LogP contribution in [-0.4, -0.2) is 11.5 Å². The third-order valence-electron chi connectivity index (χ3n) is 3.19. The number of pyridine rings is 1. The van der Waals surface area contributed by atoms with E-state index in [0.717, 1.165) is 12.3 Å². The van der Waals surface area contributed by atoms with Gasteiger partial charge < -0.3 is 10.1 Å². The highest BCUT2D eigenvalue weighted by Crippen LogP contribution is 2.24. The van der Waals surface area contributed by atoms with E-state index in [4.69, 9.17) is 4.74 Å². The van der Waals surface area contributed by atoms with Gasteiger partial charge >= 0.3 is 0 Å². The van der Waals surface area contributed by atoms with Gasteiger partial charge in [-0.15, -0.1) is 0 Å². The van der Waals surface area contributed by atoms with Crippen LogP contribution in [0.2, 0.25) is 0 Å². The highest BCUT2D eigenvalue weighted by Gasteiger charge is 2.06. The first-order valence-electron chi connectivity index (χ1n) is 7.04. The van der Waals surface area contributed by atoms with Crippen LogP contribution in [0.3, 0.4) is 0 Å². The van der Waals surface area contributed by atoms with E-state index in [0.29, 0.717) is 11.9 Å². The molecular weight excluding hydrogens is 248 g/mol. The van der Waals surface area contributed by atoms with E-state index in [-0.39, 0.29) is 0 Å². The van der Waals surface area contributed by atoms with Gasteiger partial charge in [0.15, 0.2) is 0 Å². The molecule has 0 bridgehead atoms. The van der Waals surface area contributed by atoms with Gasteiger partial charge in [0.05, 0.1) is 0 Å². The molecule has 1 aromatic heterocycles. The van der Waals surface area contributed by atoms with Crippen LogP contribution in [0, 0.1) is 13.8 Å². The molecule has 1 atom stereocenters. The Morgan fingerprint density at radius 3 is 2.50 bits per heavy atom. The Bertz CT molecular complexity index is 561. The number of aryl methyl sites for hydroxylation is 2. The minimum atomic E-state index is 0.296. The Hall–Kier alpha value is -1.87. The summed E-state index contributed by atoms with van der Waals surface area (Å²) >= 11 is 0. The Morgan fingerprint density at radius 1 is 1.15 bits per heavy atom. The van der Waals surface area contributed by atoms with Crippen LogP contribution >= 0.6 is 0 Å². The average Bonchev–Trinajstić information content (AvgIpc) is 2.38. The van der Waals surface area contributed by atoms with E-state index < -0.39 is 0 Å². The topological polar surface area (TPSA) is 34.2 Å². The van der Waals surface area contributed by atoms with Crippen LogP contribution in [0.1, 0.15) is 36.6 Å². The van der Waals surface area contributed by atoms with Crippen molar-refractivity contribution >= 4 is 0 Å². The molecule has 0 saturated heterocycles. The minimum absolute atomic E-state index is 0.296. The highest BCUT2D eigenvalue weighted by molar-refractivity contribution is 5.36. The van der Waals surface area contributed by atoms with E-state index >= 15 is 0 Å². The van der Waals surface area contributed by atoms with Gasteiger partial charge in [-0.2, -0.15) is 0 Å². The average molecular weight is 270 g/mol. The molecule has 1 heterocycles. The molecule has 3 nitrogen and oxygen atoms in total. The first-order valence-corrected chi connectivity index (χ1v) is 7.04. The van der Waals surface area contributed by atoms with Crippen molar-refractivity contribution in [3.63, 3.8) is 0 Å². The van der Waals surface area contributed by atoms with Gasteiger partial charge in [-0.1, -0.05) is 13.0 Å². The number of hydrogen-bond donors (Lipinski definition) is 1. The van der Waals surface area contributed by atoms with E-state index in [2.05, 4.69) is 44.1 Å². The second-order valence-corrected chi connectivity index (χ2v) is 5.13. The normalized spacial score (nSPS) is 12.2. The van der Waals surface area contributed by atoms with Crippen molar-refractivity contribution < 1.29 is 4.74 Å². The van der Waals surface area contributed by atoms with Gasteiger partial charge in [0, 0.05) is 18.3 Å². The zero-order valence-corrected chi connectivity index (χ0v) is 12.6. The fraction of sp³-hybridized carbons (Fsp3) is 0.353. The van der Waals surface area contributed by atoms with Gasteiger partial charge in [0.1, 0.15) is 5.75 Å². The molecule has 0 saturated carbocycles. The maximum Gasteiger partial charge on any atom is 0.219 e. The fourth-order valence-corrected chi connectivity index (χ4v) is 2.29. The van der Waals surface area contributed by atoms with Crippen LogP contribution in [0.5, 0.6) is 11.6 Å². The maximum atomic E-state index is 5.87. The number of benzene rings is 1. The van der Waals surface area contributed by atoms with Crippen LogP contribution in [-0.2, 0) is 0 Å². The summed E-state index contributed by atoms with van der Waals surface area (Å²) in [5.41, 5.74) is 3.57. The van der Waals surface area contributed by atoms with Crippen molar-refractivity contribution in [2.24, 2.45) is 0 Å². The summed E-state index contributed by atoms with van der Waals surface area (Å²) in [7, 11) is 0. The van der Waals surface area contributed by atoms with Crippen molar-refractivity contribution in [3.05, 3.63) is 53.2 Å². The predicted molar refractivity (Wildman–Crippen MR) is 82.3 cm³/mol. The van der Waals surface area contributed by atoms with Gasteiger partial charge in [0.2, 0.25) is 5.88 Å². The summed E-state index contributed by atoms with van der Waals surface area (Å²) in [5.74, 6) is 1.47. The SMILES string of the molecule is CCNC(C)c1ccnc(Oc2cc(C)cc(C)c2)c1. The molecule has 0 aliphatic rings. The molecule has 0 aliphatic heterocycles. The summed E-state index contributed by atoms with van der Waals surface area (Å²) in [6, 6.07) is 10.5. The smallest absolute Gasteiger partial charge is 0.219 e. The summed E-state index contributed by atoms with van der Waals surface area (Å²) in [5, 5.41) is 3.39. The van der Waals surface area contributed by atoms with Gasteiger partial charge in [0.25, 0.3) is 0 Å². The molecular formula is C17H22N2O. The highest BCUT2D eigenvalue weighted by atomic mass is 16.5. The first kappa shape index (κ1) is 14.5. The van der Waals surface area contributed by atoms with Crippen LogP contribution in [0.4, 0.5) is 0 Å². The molecule has 3 heteroatoms. The Balaban J connectivity index is 2.19. The molecule has 0 fully saturated rings. The number of ether oxygens (including phenoxy) is 1. The summed E-state index contributed by atoms with van der Waals surface area (Å²) in [4.78, 5) is 4.29. The van der Waals surface area contributed by atoms with Crippen molar-refractivity contribution in [2.75, 3.05) is 6.54 Å². The second-order valence-electron chi connectivity index (χ2n) is 5.13. The van der Waals surface area contributed by atoms with Crippen molar-refractivity contribution in [2.45, 2.75) is 33.7 Å². The van der Waals surface area contributed by atoms with Crippen LogP contribution in [0.15, 0.2) is 36.5 Å². The zero-order valence-electron chi connectivity index (χ0n) is 12.6. The monoisotopic (exact) mass is 270 g/mol. The number of nitrogens with zero attached hydrogens (tertiary/aromatic N) is 1. The van der Waals surface area contributed by atoms with Crippen LogP contribution < -0.4 is 10.1 Å². The number of hydrogen-bond acceptors (Lipinski definition) is 3. The van der Waals surface area contributed by atoms with Crippen molar-refractivity contribution in [3.8, 4) is 11.6 Å². The van der Waals surface area contributed by atoms with E-state index in [9.17, 15) is 0 Å². The quantitative estimate of drug-likeness (QED) is 0.885. The zero-order chi connectivity index (χ0) is 14.5. The molecule has 1 N–H and O–H groups in total. The Kier molecular flexibility index (Phi) is 4.74. The number of aromatic nitrogens is 1. The van der Waals surface area contributed by atoms with Gasteiger partial charge in [-0.25, -0.2) is 4.98 Å². The van der Waals surface area contributed by atoms with Crippen molar-refractivity contribution in [1.29, 1.82) is 0 Å². The molecule has 106 valence electrons. The summed E-state index contributed by atoms with van der Waals surface area (Å²) in [6.07, 6.45) is 1.79. The van der Waals surface area contributed by atoms with E-state index in [1.807, 2.05) is 24.3 Å². The Labute approximate surface area is 121 Å². The maximum absolute atomic E-state index is 5.87. The third kappa shape index (κ3) is 3.81. The lowest BCUT2D eigenvalue weighted by atomic mass is 10.1. The lowest BCUT2D eigenvalue weighted by molar-refractivity contribution is 0.459. The molecule has 2 rings (SSSR count). The van der Waals surface area contributed by atoms with Crippen LogP contribution in [0.25, 0.3) is 0 Å². The first-order chi connectivity index (χ1) is 9.58. The van der Waals surface area contributed by atoms with Gasteiger partial charge in [-0.05, 0) is 62.2 Å². The Morgan fingerprint density at radius 2 is 1.85 bits per heavy atom. The van der Waals surface area contributed by atoms with E-state index in [1.54, 1.807) is 6.20 Å². The summed E-state index contributed by atoms with van der Waals surface area (Å²) < 4.78 is 5.87. The van der Waals surface area contributed by atoms with Gasteiger partial charge in [-0.3, -0.25) is 0 Å². The third-order valence-corrected chi connectivity index (χ3v) is 3.19. The molecule has 2 aromatic rings. The second kappa shape index (κ2) is 6.53. The molecule has 1 aromatic carbocycles. The fourth-order valence-electron chi connectivity index (χ4n) is 2.29. The predicted octanol–water partition coefficient (Wildman–Crippen LogP) is 4.16. The number of nitrogens with one attached hydrogen (secondary N) is 1.